The lowest BCUT2D eigenvalue weighted by Gasteiger charge is -2.45. The van der Waals surface area contributed by atoms with Gasteiger partial charge in [0.25, 0.3) is 0 Å². The molecule has 2 rings (SSSR count). The Morgan fingerprint density at radius 3 is 2.20 bits per heavy atom. The van der Waals surface area contributed by atoms with Gasteiger partial charge in [-0.25, -0.2) is 0 Å². The number of rotatable bonds is 1. The lowest BCUT2D eigenvalue weighted by molar-refractivity contribution is -0.171. The Labute approximate surface area is 90.6 Å². The van der Waals surface area contributed by atoms with Gasteiger partial charge in [-0.1, -0.05) is 43.2 Å². The summed E-state index contributed by atoms with van der Waals surface area (Å²) in [4.78, 5) is 0. The maximum Gasteiger partial charge on any atom is 0.118 e. The largest absolute Gasteiger partial charge is 0.387 e. The molecule has 2 atom stereocenters. The summed E-state index contributed by atoms with van der Waals surface area (Å²) in [6, 6.07) is 9.50. The highest BCUT2D eigenvalue weighted by atomic mass is 16.4. The zero-order valence-corrected chi connectivity index (χ0v) is 9.11. The van der Waals surface area contributed by atoms with Gasteiger partial charge in [0.2, 0.25) is 0 Å². The molecule has 0 amide bonds. The Balaban J connectivity index is 2.40. The summed E-state index contributed by atoms with van der Waals surface area (Å²) in [5.74, 6) is 0. The molecule has 82 valence electrons. The van der Waals surface area contributed by atoms with Crippen molar-refractivity contribution in [1.29, 1.82) is 0 Å². The molecule has 0 radical (unpaired) electrons. The lowest BCUT2D eigenvalue weighted by atomic mass is 9.69. The third-order valence-corrected chi connectivity index (χ3v) is 3.59. The molecule has 2 unspecified atom stereocenters. The molecule has 15 heavy (non-hydrogen) atoms. The van der Waals surface area contributed by atoms with Crippen molar-refractivity contribution in [2.24, 2.45) is 0 Å². The Kier molecular flexibility index (Phi) is 2.57. The predicted molar refractivity (Wildman–Crippen MR) is 59.4 cm³/mol. The van der Waals surface area contributed by atoms with Gasteiger partial charge < -0.3 is 10.2 Å². The maximum atomic E-state index is 10.6. The second kappa shape index (κ2) is 3.62. The van der Waals surface area contributed by atoms with E-state index >= 15 is 0 Å². The van der Waals surface area contributed by atoms with E-state index in [2.05, 4.69) is 0 Å². The normalized spacial score (nSPS) is 36.5. The standard InChI is InChI=1S/C13H18O2/c1-12(14)9-5-6-10-13(12,15)11-7-3-2-4-8-11/h2-4,7-8,14-15H,5-6,9-10H2,1H3. The topological polar surface area (TPSA) is 40.5 Å². The van der Waals surface area contributed by atoms with Gasteiger partial charge in [-0.15, -0.1) is 0 Å². The Morgan fingerprint density at radius 1 is 1.00 bits per heavy atom. The van der Waals surface area contributed by atoms with Crippen molar-refractivity contribution in [2.75, 3.05) is 0 Å². The summed E-state index contributed by atoms with van der Waals surface area (Å²) in [7, 11) is 0. The van der Waals surface area contributed by atoms with Gasteiger partial charge in [0.1, 0.15) is 5.60 Å². The maximum absolute atomic E-state index is 10.6. The summed E-state index contributed by atoms with van der Waals surface area (Å²) < 4.78 is 0. The molecule has 0 aromatic heterocycles. The molecule has 1 aromatic carbocycles. The van der Waals surface area contributed by atoms with Crippen molar-refractivity contribution in [3.05, 3.63) is 35.9 Å². The van der Waals surface area contributed by atoms with Crippen molar-refractivity contribution in [1.82, 2.24) is 0 Å². The molecule has 0 bridgehead atoms. The van der Waals surface area contributed by atoms with Gasteiger partial charge in [0.15, 0.2) is 0 Å². The van der Waals surface area contributed by atoms with Gasteiger partial charge in [-0.3, -0.25) is 0 Å². The second-order valence-electron chi connectivity index (χ2n) is 4.71. The molecule has 0 heterocycles. The molecular weight excluding hydrogens is 188 g/mol. The molecule has 1 aliphatic carbocycles. The first-order chi connectivity index (χ1) is 7.06. The molecule has 0 spiro atoms. The van der Waals surface area contributed by atoms with Gasteiger partial charge in [0.05, 0.1) is 5.60 Å². The molecular formula is C13H18O2. The van der Waals surface area contributed by atoms with Crippen LogP contribution < -0.4 is 0 Å². The van der Waals surface area contributed by atoms with Crippen LogP contribution in [0, 0.1) is 0 Å². The van der Waals surface area contributed by atoms with Gasteiger partial charge in [0, 0.05) is 0 Å². The molecule has 2 nitrogen and oxygen atoms in total. The number of benzene rings is 1. The quantitative estimate of drug-likeness (QED) is 0.739. The molecule has 1 aromatic rings. The first-order valence-corrected chi connectivity index (χ1v) is 5.57. The van der Waals surface area contributed by atoms with Crippen LogP contribution in [0.2, 0.25) is 0 Å². The van der Waals surface area contributed by atoms with Crippen molar-refractivity contribution in [3.8, 4) is 0 Å². The Bertz CT molecular complexity index is 332. The summed E-state index contributed by atoms with van der Waals surface area (Å²) in [6.07, 6.45) is 3.27. The molecule has 1 fully saturated rings. The monoisotopic (exact) mass is 206 g/mol. The lowest BCUT2D eigenvalue weighted by Crippen LogP contribution is -2.51. The van der Waals surface area contributed by atoms with E-state index in [0.717, 1.165) is 18.4 Å². The highest BCUT2D eigenvalue weighted by Gasteiger charge is 2.48. The fourth-order valence-corrected chi connectivity index (χ4v) is 2.50. The van der Waals surface area contributed by atoms with E-state index in [9.17, 15) is 10.2 Å². The third-order valence-electron chi connectivity index (χ3n) is 3.59. The van der Waals surface area contributed by atoms with Crippen molar-refractivity contribution < 1.29 is 10.2 Å². The average molecular weight is 206 g/mol. The van der Waals surface area contributed by atoms with Gasteiger partial charge >= 0.3 is 0 Å². The Morgan fingerprint density at radius 2 is 1.60 bits per heavy atom. The van der Waals surface area contributed by atoms with Crippen LogP contribution in [0.25, 0.3) is 0 Å². The predicted octanol–water partition coefficient (Wildman–Crippen LogP) is 2.20. The van der Waals surface area contributed by atoms with E-state index < -0.39 is 11.2 Å². The smallest absolute Gasteiger partial charge is 0.118 e. The molecule has 1 saturated carbocycles. The van der Waals surface area contributed by atoms with Crippen molar-refractivity contribution in [2.45, 2.75) is 43.8 Å². The third kappa shape index (κ3) is 1.68. The van der Waals surface area contributed by atoms with E-state index in [-0.39, 0.29) is 0 Å². The first kappa shape index (κ1) is 10.7. The van der Waals surface area contributed by atoms with Crippen LogP contribution in [0.15, 0.2) is 30.3 Å². The Hall–Kier alpha value is -0.860. The average Bonchev–Trinajstić information content (AvgIpc) is 2.24. The van der Waals surface area contributed by atoms with Crippen LogP contribution in [0.4, 0.5) is 0 Å². The van der Waals surface area contributed by atoms with Crippen LogP contribution in [-0.2, 0) is 5.60 Å². The van der Waals surface area contributed by atoms with Crippen LogP contribution in [0.3, 0.4) is 0 Å². The summed E-state index contributed by atoms with van der Waals surface area (Å²) in [5.41, 5.74) is -1.26. The SMILES string of the molecule is CC1(O)CCCCC1(O)c1ccccc1. The van der Waals surface area contributed by atoms with E-state index in [4.69, 9.17) is 0 Å². The van der Waals surface area contributed by atoms with E-state index in [0.29, 0.717) is 12.8 Å². The minimum atomic E-state index is -1.08. The highest BCUT2D eigenvalue weighted by molar-refractivity contribution is 5.26. The van der Waals surface area contributed by atoms with Crippen LogP contribution in [-0.4, -0.2) is 15.8 Å². The minimum Gasteiger partial charge on any atom is -0.387 e. The molecule has 2 N–H and O–H groups in total. The number of hydrogen-bond acceptors (Lipinski definition) is 2. The fraction of sp³-hybridized carbons (Fsp3) is 0.538. The molecule has 0 aliphatic heterocycles. The number of aliphatic hydroxyl groups is 2. The van der Waals surface area contributed by atoms with E-state index in [1.165, 1.54) is 0 Å². The van der Waals surface area contributed by atoms with Crippen LogP contribution >= 0.6 is 0 Å². The van der Waals surface area contributed by atoms with E-state index in [1.54, 1.807) is 6.92 Å². The van der Waals surface area contributed by atoms with Gasteiger partial charge in [-0.05, 0) is 25.3 Å². The highest BCUT2D eigenvalue weighted by Crippen LogP contribution is 2.44. The molecule has 2 heteroatoms. The molecule has 0 saturated heterocycles. The van der Waals surface area contributed by atoms with Crippen molar-refractivity contribution in [3.63, 3.8) is 0 Å². The van der Waals surface area contributed by atoms with E-state index in [1.807, 2.05) is 30.3 Å². The summed E-state index contributed by atoms with van der Waals surface area (Å²) >= 11 is 0. The number of hydrogen-bond donors (Lipinski definition) is 2. The minimum absolute atomic E-state index is 0.643. The van der Waals surface area contributed by atoms with Crippen molar-refractivity contribution >= 4 is 0 Å². The second-order valence-corrected chi connectivity index (χ2v) is 4.71. The van der Waals surface area contributed by atoms with Crippen LogP contribution in [0.5, 0.6) is 0 Å². The zero-order valence-electron chi connectivity index (χ0n) is 9.11. The molecule has 1 aliphatic rings. The first-order valence-electron chi connectivity index (χ1n) is 5.57. The summed E-state index contributed by atoms with van der Waals surface area (Å²) in [6.45, 7) is 1.74. The summed E-state index contributed by atoms with van der Waals surface area (Å²) in [5, 5.41) is 20.9. The zero-order chi connectivity index (χ0) is 10.9. The fourth-order valence-electron chi connectivity index (χ4n) is 2.50. The van der Waals surface area contributed by atoms with Crippen LogP contribution in [0.1, 0.15) is 38.2 Å². The van der Waals surface area contributed by atoms with Gasteiger partial charge in [-0.2, -0.15) is 0 Å².